The second-order valence-electron chi connectivity index (χ2n) is 9.28. The topological polar surface area (TPSA) is 253 Å². The molecule has 0 bridgehead atoms. The van der Waals surface area contributed by atoms with Gasteiger partial charge in [-0.3, -0.25) is 23.4 Å². The minimum absolute atomic E-state index is 0.0105. The van der Waals surface area contributed by atoms with Gasteiger partial charge in [-0.05, 0) is 0 Å². The van der Waals surface area contributed by atoms with Gasteiger partial charge in [-0.25, -0.2) is 24.0 Å². The molecule has 0 amide bonds. The van der Waals surface area contributed by atoms with Gasteiger partial charge in [0, 0.05) is 12.8 Å². The number of H-pyrrole nitrogens is 1. The average Bonchev–Trinajstić information content (AvgIpc) is 3.68. The summed E-state index contributed by atoms with van der Waals surface area (Å²) in [5, 5.41) is 24.4. The predicted molar refractivity (Wildman–Crippen MR) is 139 cm³/mol. The predicted octanol–water partition coefficient (Wildman–Crippen LogP) is -0.668. The molecule has 4 aromatic rings. The molecule has 214 valence electrons. The number of nitrogen functional groups attached to an aromatic ring is 2. The number of rotatable bonds is 8. The van der Waals surface area contributed by atoms with Crippen molar-refractivity contribution in [1.82, 2.24) is 39.1 Å². The van der Waals surface area contributed by atoms with Crippen LogP contribution in [0.5, 0.6) is 0 Å². The minimum Gasteiger partial charge on any atom is -0.394 e. The molecule has 0 saturated carbocycles. The molecule has 2 fully saturated rings. The van der Waals surface area contributed by atoms with Gasteiger partial charge in [0.15, 0.2) is 28.9 Å². The third-order valence-electron chi connectivity index (χ3n) is 6.66. The summed E-state index contributed by atoms with van der Waals surface area (Å²) in [5.41, 5.74) is 12.0. The Morgan fingerprint density at radius 1 is 1.23 bits per heavy atom. The van der Waals surface area contributed by atoms with Crippen molar-refractivity contribution >= 4 is 47.6 Å². The lowest BCUT2D eigenvalue weighted by Crippen LogP contribution is -2.26. The first kappa shape index (κ1) is 27.0. The van der Waals surface area contributed by atoms with E-state index >= 15 is 0 Å². The third-order valence-corrected chi connectivity index (χ3v) is 8.30. The molecule has 2 aliphatic rings. The van der Waals surface area contributed by atoms with Gasteiger partial charge in [0.05, 0.1) is 43.6 Å². The number of hydrogen-bond acceptors (Lipinski definition) is 15. The van der Waals surface area contributed by atoms with Crippen LogP contribution in [0.25, 0.3) is 16.8 Å². The Morgan fingerprint density at radius 3 is 2.85 bits per heavy atom. The van der Waals surface area contributed by atoms with Crippen LogP contribution in [0.3, 0.4) is 0 Å². The molecule has 6 rings (SSSR count). The molecule has 0 aliphatic carbocycles. The Morgan fingerprint density at radius 2 is 2.05 bits per heavy atom. The van der Waals surface area contributed by atoms with Crippen LogP contribution in [-0.4, -0.2) is 86.9 Å². The number of nitrogens with two attached hydrogens (primary N) is 2. The van der Waals surface area contributed by atoms with Gasteiger partial charge in [-0.15, -0.1) is 0 Å². The van der Waals surface area contributed by atoms with Crippen LogP contribution in [0.2, 0.25) is 0 Å². The van der Waals surface area contributed by atoms with Crippen molar-refractivity contribution in [1.29, 1.82) is 0 Å². The Labute approximate surface area is 229 Å². The second kappa shape index (κ2) is 10.3. The van der Waals surface area contributed by atoms with Gasteiger partial charge in [0.2, 0.25) is 5.95 Å². The fourth-order valence-electron chi connectivity index (χ4n) is 4.81. The number of aromatic nitrogens is 8. The molecule has 0 spiro atoms. The van der Waals surface area contributed by atoms with E-state index in [0.29, 0.717) is 11.3 Å². The lowest BCUT2D eigenvalue weighted by atomic mass is 10.1. The summed E-state index contributed by atoms with van der Waals surface area (Å²) in [6.07, 6.45) is -0.584. The van der Waals surface area contributed by atoms with Crippen molar-refractivity contribution in [2.45, 2.75) is 49.6 Å². The zero-order valence-corrected chi connectivity index (χ0v) is 22.3. The standard InChI is InChI=1S/C20H25N10O8PS/c21-15-17-23-3-9(30(17)26-6-24-15)11-2-10(32)13(37-11)5-35-39(34,40)38-12-1-8(4-31)36-19(12)29-7-25-14-16(29)27-20(22)28-18(14)33/h3,6-8,10-13,19,31-32H,1-2,4-5H2,(H,34,40)(H2,21,24,26)(H3,22,27,28,33)/t8?,10-,11+,12+,13+,19+,39+/m0/s1. The highest BCUT2D eigenvalue weighted by molar-refractivity contribution is 8.44. The molecule has 40 heavy (non-hydrogen) atoms. The van der Waals surface area contributed by atoms with E-state index in [1.165, 1.54) is 27.9 Å². The number of anilines is 2. The van der Waals surface area contributed by atoms with E-state index in [-0.39, 0.29) is 49.0 Å². The quantitative estimate of drug-likeness (QED) is 0.109. The van der Waals surface area contributed by atoms with Crippen LogP contribution in [0.4, 0.5) is 11.8 Å². The first-order valence-electron chi connectivity index (χ1n) is 12.1. The van der Waals surface area contributed by atoms with E-state index in [0.717, 1.165) is 0 Å². The average molecular weight is 597 g/mol. The molecule has 20 heteroatoms. The van der Waals surface area contributed by atoms with Crippen molar-refractivity contribution in [2.75, 3.05) is 24.7 Å². The highest BCUT2D eigenvalue weighted by Gasteiger charge is 2.43. The van der Waals surface area contributed by atoms with Gasteiger partial charge in [0.1, 0.15) is 24.6 Å². The summed E-state index contributed by atoms with van der Waals surface area (Å²) in [5.74, 6) is 0.0603. The molecule has 7 atom stereocenters. The maximum absolute atomic E-state index is 13.2. The number of aliphatic hydroxyl groups excluding tert-OH is 2. The molecule has 4 aromatic heterocycles. The Hall–Kier alpha value is -3.16. The van der Waals surface area contributed by atoms with Gasteiger partial charge >= 0.3 is 6.80 Å². The van der Waals surface area contributed by atoms with Crippen molar-refractivity contribution in [3.63, 3.8) is 0 Å². The molecular formula is C20H25N10O8PS. The molecule has 0 aromatic carbocycles. The highest BCUT2D eigenvalue weighted by atomic mass is 32.7. The fourth-order valence-corrected chi connectivity index (χ4v) is 6.30. The summed E-state index contributed by atoms with van der Waals surface area (Å²) < 4.78 is 39.1. The lowest BCUT2D eigenvalue weighted by Gasteiger charge is -2.24. The molecule has 7 N–H and O–H groups in total. The van der Waals surface area contributed by atoms with Crippen LogP contribution >= 0.6 is 19.0 Å². The van der Waals surface area contributed by atoms with Crippen molar-refractivity contribution in [3.05, 3.63) is 34.9 Å². The molecule has 0 radical (unpaired) electrons. The first-order chi connectivity index (χ1) is 19.1. The maximum atomic E-state index is 13.2. The number of fused-ring (bicyclic) bond motifs is 2. The summed E-state index contributed by atoms with van der Waals surface area (Å²) in [4.78, 5) is 30.8. The fraction of sp³-hybridized carbons (Fsp3) is 0.500. The largest absolute Gasteiger partial charge is 0.394 e. The number of thiol groups is 1. The number of imidazole rings is 2. The van der Waals surface area contributed by atoms with Crippen LogP contribution in [0.15, 0.2) is 23.6 Å². The molecule has 2 aliphatic heterocycles. The molecule has 2 saturated heterocycles. The number of aliphatic hydroxyl groups is 2. The van der Waals surface area contributed by atoms with E-state index < -0.39 is 49.1 Å². The van der Waals surface area contributed by atoms with Crippen LogP contribution in [-0.2, 0) is 23.1 Å². The zero-order valence-electron chi connectivity index (χ0n) is 20.5. The molecule has 1 unspecified atom stereocenters. The Bertz CT molecular complexity index is 1660. The maximum Gasteiger partial charge on any atom is 0.386 e. The number of aromatic amines is 1. The second-order valence-corrected chi connectivity index (χ2v) is 12.2. The minimum atomic E-state index is -4.06. The zero-order chi connectivity index (χ0) is 28.2. The van der Waals surface area contributed by atoms with Gasteiger partial charge in [-0.2, -0.15) is 10.1 Å². The Kier molecular flexibility index (Phi) is 6.99. The normalized spacial score (nSPS) is 28.5. The van der Waals surface area contributed by atoms with E-state index in [1.54, 1.807) is 0 Å². The summed E-state index contributed by atoms with van der Waals surface area (Å²) in [7, 11) is 0. The summed E-state index contributed by atoms with van der Waals surface area (Å²) >= 11 is 4.10. The van der Waals surface area contributed by atoms with Crippen molar-refractivity contribution in [2.24, 2.45) is 0 Å². The van der Waals surface area contributed by atoms with Crippen molar-refractivity contribution in [3.8, 4) is 0 Å². The number of nitrogens with zero attached hydrogens (tertiary/aromatic N) is 7. The van der Waals surface area contributed by atoms with Gasteiger partial charge in [-0.1, -0.05) is 12.2 Å². The smallest absolute Gasteiger partial charge is 0.386 e. The summed E-state index contributed by atoms with van der Waals surface area (Å²) in [6, 6.07) is 0. The van der Waals surface area contributed by atoms with Crippen LogP contribution in [0, 0.1) is 0 Å². The van der Waals surface area contributed by atoms with Crippen LogP contribution in [0.1, 0.15) is 30.9 Å². The Balaban J connectivity index is 1.15. The molecule has 18 nitrogen and oxygen atoms in total. The number of hydrogen-bond donors (Lipinski definition) is 6. The summed E-state index contributed by atoms with van der Waals surface area (Å²) in [6.45, 7) is -4.72. The lowest BCUT2D eigenvalue weighted by molar-refractivity contribution is -0.0483. The number of ether oxygens (including phenoxy) is 2. The first-order valence-corrected chi connectivity index (χ1v) is 14.7. The van der Waals surface area contributed by atoms with Crippen molar-refractivity contribution < 1.29 is 33.3 Å². The van der Waals surface area contributed by atoms with Crippen LogP contribution < -0.4 is 17.0 Å². The van der Waals surface area contributed by atoms with Gasteiger partial charge in [0.25, 0.3) is 5.56 Å². The monoisotopic (exact) mass is 596 g/mol. The molecule has 6 heterocycles. The third kappa shape index (κ3) is 4.94. The SMILES string of the molecule is Nc1nc2c(ncn2[C@@H]2OC(CO)C[C@H]2O[P@](=O)(S)OC[C@H]2O[C@@H](c3cnc4c(N)ncnn34)C[C@@H]2O)c(=O)[nH]1. The molecular weight excluding hydrogens is 571 g/mol. The number of nitrogens with one attached hydrogen (secondary N) is 1. The van der Waals surface area contributed by atoms with E-state index in [2.05, 4.69) is 42.3 Å². The van der Waals surface area contributed by atoms with Gasteiger partial charge < -0.3 is 31.2 Å². The van der Waals surface area contributed by atoms with E-state index in [1.807, 2.05) is 0 Å². The van der Waals surface area contributed by atoms with E-state index in [4.69, 9.17) is 30.0 Å². The van der Waals surface area contributed by atoms with E-state index in [9.17, 15) is 19.6 Å². The highest BCUT2D eigenvalue weighted by Crippen LogP contribution is 2.57.